The van der Waals surface area contributed by atoms with Crippen LogP contribution in [0.4, 0.5) is 0 Å². The van der Waals surface area contributed by atoms with Gasteiger partial charge in [0.2, 0.25) is 5.91 Å². The van der Waals surface area contributed by atoms with Gasteiger partial charge in [-0.25, -0.2) is 0 Å². The van der Waals surface area contributed by atoms with Crippen LogP contribution in [0.2, 0.25) is 0 Å². The van der Waals surface area contributed by atoms with E-state index >= 15 is 0 Å². The molecule has 1 saturated carbocycles. The van der Waals surface area contributed by atoms with E-state index in [2.05, 4.69) is 6.92 Å². The molecule has 2 atom stereocenters. The second-order valence-electron chi connectivity index (χ2n) is 3.57. The Bertz CT molecular complexity index is 155. The molecule has 1 rings (SSSR count). The number of hydrogen-bond donors (Lipinski definition) is 1. The van der Waals surface area contributed by atoms with Crippen molar-refractivity contribution in [2.45, 2.75) is 33.1 Å². The fourth-order valence-corrected chi connectivity index (χ4v) is 1.71. The highest BCUT2D eigenvalue weighted by Gasteiger charge is 2.40. The molecule has 1 aliphatic rings. The molecular formula is C8H15NO. The van der Waals surface area contributed by atoms with E-state index in [-0.39, 0.29) is 11.3 Å². The molecule has 2 unspecified atom stereocenters. The first kappa shape index (κ1) is 7.58. The summed E-state index contributed by atoms with van der Waals surface area (Å²) >= 11 is 0. The highest BCUT2D eigenvalue weighted by molar-refractivity contribution is 5.81. The van der Waals surface area contributed by atoms with Crippen LogP contribution >= 0.6 is 0 Å². The Kier molecular flexibility index (Phi) is 1.71. The first-order valence-corrected chi connectivity index (χ1v) is 3.87. The van der Waals surface area contributed by atoms with Gasteiger partial charge in [0.15, 0.2) is 0 Å². The maximum Gasteiger partial charge on any atom is 0.223 e. The molecule has 0 aromatic rings. The topological polar surface area (TPSA) is 43.1 Å². The van der Waals surface area contributed by atoms with E-state index < -0.39 is 0 Å². The molecule has 2 heteroatoms. The van der Waals surface area contributed by atoms with E-state index in [9.17, 15) is 4.79 Å². The van der Waals surface area contributed by atoms with Gasteiger partial charge in [0.05, 0.1) is 0 Å². The van der Waals surface area contributed by atoms with E-state index in [0.29, 0.717) is 5.92 Å². The van der Waals surface area contributed by atoms with Crippen molar-refractivity contribution in [3.05, 3.63) is 0 Å². The fourth-order valence-electron chi connectivity index (χ4n) is 1.71. The summed E-state index contributed by atoms with van der Waals surface area (Å²) in [4.78, 5) is 11.0. The van der Waals surface area contributed by atoms with Gasteiger partial charge in [0, 0.05) is 5.41 Å². The molecule has 0 aliphatic heterocycles. The molecule has 0 radical (unpaired) electrons. The first-order valence-electron chi connectivity index (χ1n) is 3.87. The third kappa shape index (κ3) is 0.917. The molecule has 0 saturated heterocycles. The predicted molar refractivity (Wildman–Crippen MR) is 40.3 cm³/mol. The average molecular weight is 141 g/mol. The molecule has 2 nitrogen and oxygen atoms in total. The van der Waals surface area contributed by atoms with Crippen LogP contribution in [0.15, 0.2) is 0 Å². The Morgan fingerprint density at radius 3 is 2.50 bits per heavy atom. The first-order chi connectivity index (χ1) is 4.57. The number of hydrogen-bond acceptors (Lipinski definition) is 1. The summed E-state index contributed by atoms with van der Waals surface area (Å²) in [6.45, 7) is 4.09. The lowest BCUT2D eigenvalue weighted by molar-refractivity contribution is -0.128. The molecule has 0 heterocycles. The lowest BCUT2D eigenvalue weighted by atomic mass is 9.80. The van der Waals surface area contributed by atoms with Crippen molar-refractivity contribution in [3.63, 3.8) is 0 Å². The normalized spacial score (nSPS) is 40.0. The largest absolute Gasteiger partial charge is 0.369 e. The summed E-state index contributed by atoms with van der Waals surface area (Å²) in [6, 6.07) is 0. The van der Waals surface area contributed by atoms with E-state index in [1.165, 1.54) is 0 Å². The fraction of sp³-hybridized carbons (Fsp3) is 0.875. The van der Waals surface area contributed by atoms with Crippen LogP contribution in [-0.2, 0) is 4.79 Å². The van der Waals surface area contributed by atoms with Gasteiger partial charge in [-0.2, -0.15) is 0 Å². The average Bonchev–Trinajstić information content (AvgIpc) is 2.15. The lowest BCUT2D eigenvalue weighted by Gasteiger charge is -2.24. The SMILES string of the molecule is CC1CCCC1(C)C(N)=O. The summed E-state index contributed by atoms with van der Waals surface area (Å²) in [5.74, 6) is 0.350. The van der Waals surface area contributed by atoms with Crippen molar-refractivity contribution >= 4 is 5.91 Å². The molecule has 2 N–H and O–H groups in total. The van der Waals surface area contributed by atoms with Crippen molar-refractivity contribution in [1.29, 1.82) is 0 Å². The van der Waals surface area contributed by atoms with Crippen LogP contribution in [0.1, 0.15) is 33.1 Å². The molecular weight excluding hydrogens is 126 g/mol. The number of carbonyl (C=O) groups excluding carboxylic acids is 1. The minimum absolute atomic E-state index is 0.127. The zero-order valence-electron chi connectivity index (χ0n) is 6.68. The Morgan fingerprint density at radius 1 is 1.70 bits per heavy atom. The number of nitrogens with two attached hydrogens (primary N) is 1. The second-order valence-corrected chi connectivity index (χ2v) is 3.57. The molecule has 10 heavy (non-hydrogen) atoms. The third-order valence-electron chi connectivity index (χ3n) is 2.98. The number of primary amides is 1. The minimum atomic E-state index is -0.208. The van der Waals surface area contributed by atoms with E-state index in [1.54, 1.807) is 0 Å². The van der Waals surface area contributed by atoms with Crippen molar-refractivity contribution in [3.8, 4) is 0 Å². The van der Waals surface area contributed by atoms with E-state index in [4.69, 9.17) is 5.73 Å². The molecule has 1 aliphatic carbocycles. The Labute approximate surface area is 61.8 Å². The van der Waals surface area contributed by atoms with Gasteiger partial charge in [0.25, 0.3) is 0 Å². The summed E-state index contributed by atoms with van der Waals surface area (Å²) in [6.07, 6.45) is 3.28. The maximum atomic E-state index is 11.0. The molecule has 1 fully saturated rings. The number of rotatable bonds is 1. The molecule has 1 amide bonds. The zero-order valence-corrected chi connectivity index (χ0v) is 6.68. The molecule has 0 spiro atoms. The lowest BCUT2D eigenvalue weighted by Crippen LogP contribution is -2.36. The van der Waals surface area contributed by atoms with Crippen LogP contribution in [-0.4, -0.2) is 5.91 Å². The highest BCUT2D eigenvalue weighted by Crippen LogP contribution is 2.42. The van der Waals surface area contributed by atoms with Crippen molar-refractivity contribution in [1.82, 2.24) is 0 Å². The van der Waals surface area contributed by atoms with Crippen molar-refractivity contribution in [2.75, 3.05) is 0 Å². The van der Waals surface area contributed by atoms with Crippen LogP contribution in [0.3, 0.4) is 0 Å². The summed E-state index contributed by atoms with van der Waals surface area (Å²) < 4.78 is 0. The zero-order chi connectivity index (χ0) is 7.78. The Balaban J connectivity index is 2.75. The van der Waals surface area contributed by atoms with Gasteiger partial charge in [0.1, 0.15) is 0 Å². The molecule has 58 valence electrons. The van der Waals surface area contributed by atoms with Gasteiger partial charge < -0.3 is 5.73 Å². The van der Waals surface area contributed by atoms with E-state index in [1.807, 2.05) is 6.92 Å². The third-order valence-corrected chi connectivity index (χ3v) is 2.98. The summed E-state index contributed by atoms with van der Waals surface area (Å²) in [7, 11) is 0. The van der Waals surface area contributed by atoms with E-state index in [0.717, 1.165) is 19.3 Å². The van der Waals surface area contributed by atoms with Gasteiger partial charge in [-0.1, -0.05) is 20.3 Å². The Hall–Kier alpha value is -0.530. The minimum Gasteiger partial charge on any atom is -0.369 e. The van der Waals surface area contributed by atoms with Gasteiger partial charge >= 0.3 is 0 Å². The predicted octanol–water partition coefficient (Wildman–Crippen LogP) is 1.30. The summed E-state index contributed by atoms with van der Waals surface area (Å²) in [5, 5.41) is 0. The van der Waals surface area contributed by atoms with Crippen LogP contribution in [0, 0.1) is 11.3 Å². The molecule has 0 aromatic carbocycles. The number of carbonyl (C=O) groups is 1. The van der Waals surface area contributed by atoms with Crippen LogP contribution < -0.4 is 5.73 Å². The van der Waals surface area contributed by atoms with Gasteiger partial charge in [-0.3, -0.25) is 4.79 Å². The van der Waals surface area contributed by atoms with Crippen LogP contribution in [0.25, 0.3) is 0 Å². The maximum absolute atomic E-state index is 11.0. The smallest absolute Gasteiger partial charge is 0.223 e. The molecule has 0 bridgehead atoms. The van der Waals surface area contributed by atoms with Crippen molar-refractivity contribution < 1.29 is 4.79 Å². The second kappa shape index (κ2) is 2.26. The van der Waals surface area contributed by atoms with Gasteiger partial charge in [-0.05, 0) is 18.8 Å². The Morgan fingerprint density at radius 2 is 2.30 bits per heavy atom. The van der Waals surface area contributed by atoms with Crippen molar-refractivity contribution in [2.24, 2.45) is 17.1 Å². The van der Waals surface area contributed by atoms with Gasteiger partial charge in [-0.15, -0.1) is 0 Å². The standard InChI is InChI=1S/C8H15NO/c1-6-4-3-5-8(6,2)7(9)10/h6H,3-5H2,1-2H3,(H2,9,10). The van der Waals surface area contributed by atoms with Crippen LogP contribution in [0.5, 0.6) is 0 Å². The molecule has 0 aromatic heterocycles. The summed E-state index contributed by atoms with van der Waals surface area (Å²) in [5.41, 5.74) is 5.08. The highest BCUT2D eigenvalue weighted by atomic mass is 16.1. The quantitative estimate of drug-likeness (QED) is 0.587. The number of amides is 1. The monoisotopic (exact) mass is 141 g/mol.